The maximum Gasteiger partial charge on any atom is 0.310 e. The average molecular weight is 924 g/mol. The van der Waals surface area contributed by atoms with Crippen molar-refractivity contribution in [1.29, 1.82) is 0 Å². The van der Waals surface area contributed by atoms with Gasteiger partial charge in [0.1, 0.15) is 13.2 Å². The van der Waals surface area contributed by atoms with E-state index in [0.29, 0.717) is 12.8 Å². The van der Waals surface area contributed by atoms with Gasteiger partial charge in [-0.25, -0.2) is 0 Å². The second-order valence-corrected chi connectivity index (χ2v) is 18.9. The van der Waals surface area contributed by atoms with Crippen molar-refractivity contribution in [2.24, 2.45) is 0 Å². The molecule has 0 aromatic rings. The normalized spacial score (nSPS) is 12.5. The van der Waals surface area contributed by atoms with Crippen molar-refractivity contribution in [3.05, 3.63) is 60.8 Å². The summed E-state index contributed by atoms with van der Waals surface area (Å²) in [5.74, 6) is -1.03. The molecule has 0 saturated carbocycles. The van der Waals surface area contributed by atoms with E-state index in [9.17, 15) is 14.4 Å². The lowest BCUT2D eigenvalue weighted by molar-refractivity contribution is -0.166. The maximum absolute atomic E-state index is 12.8. The molecule has 0 aliphatic rings. The quantitative estimate of drug-likeness (QED) is 0.0262. The Morgan fingerprint density at radius 2 is 0.576 bits per heavy atom. The molecule has 0 aliphatic carbocycles. The maximum atomic E-state index is 12.8. The van der Waals surface area contributed by atoms with Gasteiger partial charge in [0.05, 0.1) is 6.42 Å². The van der Waals surface area contributed by atoms with E-state index in [1.165, 1.54) is 173 Å². The SMILES string of the molecule is CC/C=C\C/C=C\C/C=C\C/C=C\C/C=C\CC(=O)OC(COC(=O)CCCCCCCCCCCCCC)COC(=O)CCCCCCCCCCCCCCCCCCCCCCC. The molecule has 0 saturated heterocycles. The predicted octanol–water partition coefficient (Wildman–Crippen LogP) is 18.8. The summed E-state index contributed by atoms with van der Waals surface area (Å²) in [6.45, 7) is 6.47. The smallest absolute Gasteiger partial charge is 0.310 e. The zero-order valence-electron chi connectivity index (χ0n) is 43.7. The number of rotatable bonds is 51. The van der Waals surface area contributed by atoms with Gasteiger partial charge in [-0.2, -0.15) is 0 Å². The van der Waals surface area contributed by atoms with Crippen LogP contribution in [0.25, 0.3) is 0 Å². The minimum Gasteiger partial charge on any atom is -0.462 e. The van der Waals surface area contributed by atoms with Crippen LogP contribution >= 0.6 is 0 Å². The third-order valence-electron chi connectivity index (χ3n) is 12.3. The van der Waals surface area contributed by atoms with Crippen molar-refractivity contribution in [3.63, 3.8) is 0 Å². The van der Waals surface area contributed by atoms with Crippen LogP contribution in [0.2, 0.25) is 0 Å². The van der Waals surface area contributed by atoms with Crippen LogP contribution in [-0.2, 0) is 28.6 Å². The molecular weight excluding hydrogens is 817 g/mol. The Hall–Kier alpha value is -2.89. The summed E-state index contributed by atoms with van der Waals surface area (Å²) in [4.78, 5) is 38.0. The van der Waals surface area contributed by atoms with E-state index >= 15 is 0 Å². The van der Waals surface area contributed by atoms with E-state index in [1.54, 1.807) is 6.08 Å². The van der Waals surface area contributed by atoms with E-state index in [0.717, 1.165) is 70.6 Å². The van der Waals surface area contributed by atoms with Gasteiger partial charge in [-0.3, -0.25) is 14.4 Å². The Kier molecular flexibility index (Phi) is 52.3. The standard InChI is InChI=1S/C60H106O6/c1-4-7-10-13-16-19-22-25-27-28-29-30-31-32-34-35-38-41-44-47-50-53-59(62)65-56-57(55-64-58(61)52-49-46-43-40-37-24-21-18-15-12-9-6-3)66-60(63)54-51-48-45-42-39-36-33-26-23-20-17-14-11-8-5-2/h8,11,17,20,26,33,39,42,48,51,57H,4-7,9-10,12-16,18-19,21-25,27-32,34-38,40-41,43-47,49-50,52-56H2,1-3H3/b11-8-,20-17-,33-26-,42-39-,51-48-. The summed E-state index contributed by atoms with van der Waals surface area (Å²) in [5, 5.41) is 0. The Morgan fingerprint density at radius 3 is 0.864 bits per heavy atom. The molecule has 0 aromatic carbocycles. The first-order valence-electron chi connectivity index (χ1n) is 28.3. The number of ether oxygens (including phenoxy) is 3. The monoisotopic (exact) mass is 923 g/mol. The summed E-state index contributed by atoms with van der Waals surface area (Å²) in [7, 11) is 0. The summed E-state index contributed by atoms with van der Waals surface area (Å²) in [6, 6.07) is 0. The summed E-state index contributed by atoms with van der Waals surface area (Å²) < 4.78 is 16.7. The number of carbonyl (C=O) groups is 3. The number of hydrogen-bond acceptors (Lipinski definition) is 6. The number of unbranched alkanes of at least 4 members (excludes halogenated alkanes) is 31. The fourth-order valence-corrected chi connectivity index (χ4v) is 8.11. The lowest BCUT2D eigenvalue weighted by atomic mass is 10.0. The van der Waals surface area contributed by atoms with Gasteiger partial charge >= 0.3 is 17.9 Å². The van der Waals surface area contributed by atoms with E-state index in [-0.39, 0.29) is 31.6 Å². The highest BCUT2D eigenvalue weighted by molar-refractivity contribution is 5.72. The Morgan fingerprint density at radius 1 is 0.318 bits per heavy atom. The predicted molar refractivity (Wildman–Crippen MR) is 284 cm³/mol. The van der Waals surface area contributed by atoms with Crippen molar-refractivity contribution in [2.45, 2.75) is 290 Å². The van der Waals surface area contributed by atoms with Crippen LogP contribution in [0.4, 0.5) is 0 Å². The fourth-order valence-electron chi connectivity index (χ4n) is 8.11. The highest BCUT2D eigenvalue weighted by Gasteiger charge is 2.19. The molecule has 6 heteroatoms. The second kappa shape index (κ2) is 54.7. The topological polar surface area (TPSA) is 78.9 Å². The summed E-state index contributed by atoms with van der Waals surface area (Å²) >= 11 is 0. The molecule has 0 fully saturated rings. The van der Waals surface area contributed by atoms with Crippen molar-refractivity contribution in [3.8, 4) is 0 Å². The molecule has 1 unspecified atom stereocenters. The summed E-state index contributed by atoms with van der Waals surface area (Å²) in [5.41, 5.74) is 0. The first kappa shape index (κ1) is 63.1. The average Bonchev–Trinajstić information content (AvgIpc) is 3.31. The van der Waals surface area contributed by atoms with Crippen LogP contribution in [0, 0.1) is 0 Å². The number of esters is 3. The van der Waals surface area contributed by atoms with Gasteiger partial charge < -0.3 is 14.2 Å². The molecule has 1 atom stereocenters. The number of allylic oxidation sites excluding steroid dienone is 9. The third kappa shape index (κ3) is 52.1. The van der Waals surface area contributed by atoms with Crippen LogP contribution < -0.4 is 0 Å². The zero-order chi connectivity index (χ0) is 47.9. The van der Waals surface area contributed by atoms with E-state index < -0.39 is 12.1 Å². The van der Waals surface area contributed by atoms with E-state index in [1.807, 2.05) is 6.08 Å². The van der Waals surface area contributed by atoms with Gasteiger partial charge in [0.15, 0.2) is 6.10 Å². The van der Waals surface area contributed by atoms with E-state index in [4.69, 9.17) is 14.2 Å². The molecule has 0 N–H and O–H groups in total. The molecule has 0 aromatic heterocycles. The van der Waals surface area contributed by atoms with Gasteiger partial charge in [0.2, 0.25) is 0 Å². The first-order chi connectivity index (χ1) is 32.5. The van der Waals surface area contributed by atoms with Crippen LogP contribution in [0.3, 0.4) is 0 Å². The van der Waals surface area contributed by atoms with E-state index in [2.05, 4.69) is 69.4 Å². The van der Waals surface area contributed by atoms with Crippen molar-refractivity contribution >= 4 is 17.9 Å². The van der Waals surface area contributed by atoms with Crippen LogP contribution in [-0.4, -0.2) is 37.2 Å². The minimum atomic E-state index is -0.824. The van der Waals surface area contributed by atoms with Crippen LogP contribution in [0.15, 0.2) is 60.8 Å². The number of hydrogen-bond donors (Lipinski definition) is 0. The molecule has 0 amide bonds. The molecule has 6 nitrogen and oxygen atoms in total. The largest absolute Gasteiger partial charge is 0.462 e. The Bertz CT molecular complexity index is 1200. The highest BCUT2D eigenvalue weighted by atomic mass is 16.6. The van der Waals surface area contributed by atoms with Crippen molar-refractivity contribution < 1.29 is 28.6 Å². The molecule has 0 rings (SSSR count). The molecular formula is C60H106O6. The van der Waals surface area contributed by atoms with Crippen LogP contribution in [0.5, 0.6) is 0 Å². The third-order valence-corrected chi connectivity index (χ3v) is 12.3. The summed E-state index contributed by atoms with van der Waals surface area (Å²) in [6.07, 6.45) is 68.2. The Balaban J connectivity index is 4.37. The zero-order valence-corrected chi connectivity index (χ0v) is 43.7. The molecule has 0 spiro atoms. The molecule has 66 heavy (non-hydrogen) atoms. The van der Waals surface area contributed by atoms with Crippen LogP contribution in [0.1, 0.15) is 284 Å². The molecule has 0 aliphatic heterocycles. The van der Waals surface area contributed by atoms with Gasteiger partial charge in [-0.1, -0.05) is 281 Å². The fraction of sp³-hybridized carbons (Fsp3) is 0.783. The highest BCUT2D eigenvalue weighted by Crippen LogP contribution is 2.17. The Labute approximate surface area is 409 Å². The molecule has 382 valence electrons. The van der Waals surface area contributed by atoms with Crippen molar-refractivity contribution in [2.75, 3.05) is 13.2 Å². The van der Waals surface area contributed by atoms with Gasteiger partial charge in [-0.15, -0.1) is 0 Å². The second-order valence-electron chi connectivity index (χ2n) is 18.9. The van der Waals surface area contributed by atoms with Gasteiger partial charge in [0.25, 0.3) is 0 Å². The lowest BCUT2D eigenvalue weighted by Gasteiger charge is -2.18. The van der Waals surface area contributed by atoms with Crippen molar-refractivity contribution in [1.82, 2.24) is 0 Å². The minimum absolute atomic E-state index is 0.101. The molecule has 0 radical (unpaired) electrons. The van der Waals surface area contributed by atoms with Gasteiger partial charge in [-0.05, 0) is 44.9 Å². The number of carbonyl (C=O) groups excluding carboxylic acids is 3. The lowest BCUT2D eigenvalue weighted by Crippen LogP contribution is -2.30. The molecule has 0 bridgehead atoms. The first-order valence-corrected chi connectivity index (χ1v) is 28.3. The van der Waals surface area contributed by atoms with Gasteiger partial charge in [0, 0.05) is 12.8 Å². The molecule has 0 heterocycles.